The van der Waals surface area contributed by atoms with Crippen molar-refractivity contribution in [2.75, 3.05) is 0 Å². The lowest BCUT2D eigenvalue weighted by Crippen LogP contribution is -2.14. The van der Waals surface area contributed by atoms with E-state index in [1.165, 1.54) is 57.8 Å². The van der Waals surface area contributed by atoms with Crippen molar-refractivity contribution >= 4 is 0 Å². The molecule has 108 valence electrons. The van der Waals surface area contributed by atoms with E-state index in [4.69, 9.17) is 4.74 Å². The van der Waals surface area contributed by atoms with Crippen molar-refractivity contribution in [2.24, 2.45) is 5.41 Å². The molecular weight excluding hydrogens is 232 g/mol. The molecule has 19 heavy (non-hydrogen) atoms. The molecule has 0 amide bonds. The monoisotopic (exact) mass is 262 g/mol. The van der Waals surface area contributed by atoms with Crippen LogP contribution in [0.3, 0.4) is 0 Å². The minimum absolute atomic E-state index is 0.0630. The quantitative estimate of drug-likeness (QED) is 0.437. The maximum Gasteiger partial charge on any atom is 0.155 e. The minimum Gasteiger partial charge on any atom is -0.352 e. The molecule has 1 saturated heterocycles. The fourth-order valence-electron chi connectivity index (χ4n) is 2.98. The Bertz CT molecular complexity index is 341. The maximum absolute atomic E-state index is 6.04. The van der Waals surface area contributed by atoms with E-state index < -0.39 is 0 Å². The molecule has 2 aliphatic rings. The Morgan fingerprint density at radius 3 is 2.11 bits per heavy atom. The minimum atomic E-state index is -0.0630. The summed E-state index contributed by atoms with van der Waals surface area (Å²) in [5, 5.41) is 0. The molecule has 1 heteroatoms. The van der Waals surface area contributed by atoms with Gasteiger partial charge in [0.05, 0.1) is 6.10 Å². The van der Waals surface area contributed by atoms with Gasteiger partial charge >= 0.3 is 0 Å². The van der Waals surface area contributed by atoms with Gasteiger partial charge in [0.15, 0.2) is 5.60 Å². The molecule has 0 spiro atoms. The number of hydrogen-bond acceptors (Lipinski definition) is 1. The van der Waals surface area contributed by atoms with E-state index in [1.807, 2.05) is 0 Å². The summed E-state index contributed by atoms with van der Waals surface area (Å²) in [4.78, 5) is 0. The first kappa shape index (κ1) is 14.9. The third-order valence-corrected chi connectivity index (χ3v) is 4.23. The van der Waals surface area contributed by atoms with Crippen LogP contribution in [0.15, 0.2) is 0 Å². The standard InChI is InChI=1S/C18H30O/c1-17(2,3)14-15-18-13-11-9-7-5-4-6-8-10-12-16(18)19-18/h16H,4-13H2,1-3H3/t16-,18+/m1/s1. The van der Waals surface area contributed by atoms with Crippen LogP contribution in [0, 0.1) is 17.3 Å². The van der Waals surface area contributed by atoms with Crippen LogP contribution < -0.4 is 0 Å². The molecule has 0 aromatic rings. The van der Waals surface area contributed by atoms with E-state index in [0.29, 0.717) is 6.10 Å². The fraction of sp³-hybridized carbons (Fsp3) is 0.889. The molecule has 0 bridgehead atoms. The Hall–Kier alpha value is -0.480. The highest BCUT2D eigenvalue weighted by atomic mass is 16.6. The summed E-state index contributed by atoms with van der Waals surface area (Å²) in [5.41, 5.74) is 0.0292. The van der Waals surface area contributed by atoms with E-state index in [2.05, 4.69) is 32.6 Å². The van der Waals surface area contributed by atoms with Crippen molar-refractivity contribution in [3.05, 3.63) is 0 Å². The van der Waals surface area contributed by atoms with E-state index >= 15 is 0 Å². The van der Waals surface area contributed by atoms with E-state index in [-0.39, 0.29) is 11.0 Å². The first-order chi connectivity index (χ1) is 9.02. The molecule has 2 atom stereocenters. The smallest absolute Gasteiger partial charge is 0.155 e. The first-order valence-electron chi connectivity index (χ1n) is 8.24. The van der Waals surface area contributed by atoms with Crippen LogP contribution in [0.1, 0.15) is 85.0 Å². The van der Waals surface area contributed by atoms with Crippen molar-refractivity contribution < 1.29 is 4.74 Å². The zero-order chi connectivity index (χ0) is 13.8. The zero-order valence-corrected chi connectivity index (χ0v) is 13.1. The third-order valence-electron chi connectivity index (χ3n) is 4.23. The highest BCUT2D eigenvalue weighted by Gasteiger charge is 2.54. The number of ether oxygens (including phenoxy) is 1. The lowest BCUT2D eigenvalue weighted by Gasteiger charge is -2.11. The Labute approximate surface area is 119 Å². The van der Waals surface area contributed by atoms with Crippen molar-refractivity contribution in [1.29, 1.82) is 0 Å². The third kappa shape index (κ3) is 4.84. The summed E-state index contributed by atoms with van der Waals surface area (Å²) in [5.74, 6) is 6.90. The van der Waals surface area contributed by atoms with Crippen LogP contribution >= 0.6 is 0 Å². The van der Waals surface area contributed by atoms with Gasteiger partial charge in [-0.3, -0.25) is 0 Å². The molecule has 1 heterocycles. The summed E-state index contributed by atoms with van der Waals surface area (Å²) in [6.45, 7) is 6.55. The average Bonchev–Trinajstić information content (AvgIpc) is 3.00. The van der Waals surface area contributed by atoms with Gasteiger partial charge in [-0.05, 0) is 40.0 Å². The number of hydrogen-bond donors (Lipinski definition) is 0. The van der Waals surface area contributed by atoms with Crippen molar-refractivity contribution in [3.8, 4) is 11.8 Å². The number of fused-ring (bicyclic) bond motifs is 1. The average molecular weight is 262 g/mol. The molecule has 0 aromatic carbocycles. The van der Waals surface area contributed by atoms with Crippen molar-refractivity contribution in [3.63, 3.8) is 0 Å². The summed E-state index contributed by atoms with van der Waals surface area (Å²) < 4.78 is 6.04. The van der Waals surface area contributed by atoms with Gasteiger partial charge in [-0.25, -0.2) is 0 Å². The first-order valence-corrected chi connectivity index (χ1v) is 8.24. The van der Waals surface area contributed by atoms with Gasteiger partial charge in [-0.15, -0.1) is 0 Å². The number of epoxide rings is 1. The van der Waals surface area contributed by atoms with Gasteiger partial charge in [0.25, 0.3) is 0 Å². The second kappa shape index (κ2) is 6.31. The Balaban J connectivity index is 1.95. The summed E-state index contributed by atoms with van der Waals surface area (Å²) >= 11 is 0. The van der Waals surface area contributed by atoms with E-state index in [9.17, 15) is 0 Å². The van der Waals surface area contributed by atoms with Gasteiger partial charge in [-0.2, -0.15) is 0 Å². The largest absolute Gasteiger partial charge is 0.352 e. The molecule has 0 aromatic heterocycles. The van der Waals surface area contributed by atoms with E-state index in [0.717, 1.165) is 6.42 Å². The van der Waals surface area contributed by atoms with Gasteiger partial charge < -0.3 is 4.74 Å². The highest BCUT2D eigenvalue weighted by molar-refractivity contribution is 5.27. The molecule has 1 aliphatic heterocycles. The molecule has 0 N–H and O–H groups in total. The van der Waals surface area contributed by atoms with Crippen LogP contribution in [0.4, 0.5) is 0 Å². The molecular formula is C18H30O. The SMILES string of the molecule is CC(C)(C)C#C[C@@]12CCCCCCCCCC[C@H]1O2. The highest BCUT2D eigenvalue weighted by Crippen LogP contribution is 2.44. The Kier molecular flexibility index (Phi) is 4.96. The molecule has 2 fully saturated rings. The normalized spacial score (nSPS) is 33.1. The fourth-order valence-corrected chi connectivity index (χ4v) is 2.98. The predicted octanol–water partition coefficient (Wildman–Crippen LogP) is 5.09. The Morgan fingerprint density at radius 2 is 1.47 bits per heavy atom. The van der Waals surface area contributed by atoms with E-state index in [1.54, 1.807) is 0 Å². The topological polar surface area (TPSA) is 12.5 Å². The lowest BCUT2D eigenvalue weighted by atomic mass is 9.90. The van der Waals surface area contributed by atoms with Gasteiger partial charge in [-0.1, -0.05) is 56.8 Å². The lowest BCUT2D eigenvalue weighted by molar-refractivity contribution is 0.315. The summed E-state index contributed by atoms with van der Waals surface area (Å²) in [7, 11) is 0. The Morgan fingerprint density at radius 1 is 0.895 bits per heavy atom. The van der Waals surface area contributed by atoms with Gasteiger partial charge in [0.1, 0.15) is 0 Å². The second-order valence-electron chi connectivity index (χ2n) is 7.36. The summed E-state index contributed by atoms with van der Waals surface area (Å²) in [6.07, 6.45) is 13.8. The van der Waals surface area contributed by atoms with Crippen molar-refractivity contribution in [1.82, 2.24) is 0 Å². The van der Waals surface area contributed by atoms with Crippen LogP contribution in [-0.4, -0.2) is 11.7 Å². The molecule has 2 rings (SSSR count). The zero-order valence-electron chi connectivity index (χ0n) is 13.1. The molecule has 1 aliphatic carbocycles. The van der Waals surface area contributed by atoms with Crippen molar-refractivity contribution in [2.45, 2.75) is 96.7 Å². The predicted molar refractivity (Wildman–Crippen MR) is 81.0 cm³/mol. The molecule has 0 unspecified atom stereocenters. The van der Waals surface area contributed by atoms with Crippen LogP contribution in [0.5, 0.6) is 0 Å². The second-order valence-corrected chi connectivity index (χ2v) is 7.36. The van der Waals surface area contributed by atoms with Crippen LogP contribution in [0.25, 0.3) is 0 Å². The van der Waals surface area contributed by atoms with Crippen LogP contribution in [0.2, 0.25) is 0 Å². The molecule has 0 radical (unpaired) electrons. The summed E-state index contributed by atoms with van der Waals surface area (Å²) in [6, 6.07) is 0. The maximum atomic E-state index is 6.04. The van der Waals surface area contributed by atoms with Crippen LogP contribution in [-0.2, 0) is 4.74 Å². The number of rotatable bonds is 0. The van der Waals surface area contributed by atoms with Gasteiger partial charge in [0.2, 0.25) is 0 Å². The molecule has 1 saturated carbocycles. The van der Waals surface area contributed by atoms with Gasteiger partial charge in [0, 0.05) is 5.41 Å². The molecule has 1 nitrogen and oxygen atoms in total.